The normalized spacial score (nSPS) is 12.2. The van der Waals surface area contributed by atoms with Crippen LogP contribution in [-0.2, 0) is 12.6 Å². The van der Waals surface area contributed by atoms with Crippen LogP contribution in [0, 0.1) is 0 Å². The van der Waals surface area contributed by atoms with Gasteiger partial charge in [-0.3, -0.25) is 9.78 Å². The van der Waals surface area contributed by atoms with Crippen molar-refractivity contribution in [3.05, 3.63) is 51.9 Å². The van der Waals surface area contributed by atoms with Crippen LogP contribution in [0.25, 0.3) is 0 Å². The molecule has 9 heteroatoms. The number of aromatic amines is 1. The minimum atomic E-state index is -4.45. The van der Waals surface area contributed by atoms with Crippen molar-refractivity contribution in [2.24, 2.45) is 10.7 Å². The SMILES string of the molecule is CCCc1cc(=O)[nH]c(N=C(N)Nc2cccc(C(F)(F)F)c2)n1. The van der Waals surface area contributed by atoms with E-state index in [2.05, 4.69) is 20.3 Å². The lowest BCUT2D eigenvalue weighted by Gasteiger charge is -2.10. The number of anilines is 1. The van der Waals surface area contributed by atoms with Crippen molar-refractivity contribution in [2.45, 2.75) is 25.9 Å². The molecule has 0 fully saturated rings. The fraction of sp³-hybridized carbons (Fsp3) is 0.267. The zero-order valence-electron chi connectivity index (χ0n) is 12.8. The highest BCUT2D eigenvalue weighted by Crippen LogP contribution is 2.30. The van der Waals surface area contributed by atoms with E-state index in [0.717, 1.165) is 18.6 Å². The molecule has 0 amide bonds. The molecule has 1 aromatic heterocycles. The zero-order chi connectivity index (χ0) is 17.7. The first-order chi connectivity index (χ1) is 11.3. The fourth-order valence-corrected chi connectivity index (χ4v) is 1.99. The number of guanidine groups is 1. The number of nitrogens with zero attached hydrogens (tertiary/aromatic N) is 2. The number of nitrogens with two attached hydrogens (primary N) is 1. The van der Waals surface area contributed by atoms with Crippen molar-refractivity contribution in [1.29, 1.82) is 0 Å². The average molecular weight is 339 g/mol. The predicted molar refractivity (Wildman–Crippen MR) is 85.2 cm³/mol. The van der Waals surface area contributed by atoms with E-state index in [9.17, 15) is 18.0 Å². The summed E-state index contributed by atoms with van der Waals surface area (Å²) in [6.07, 6.45) is -3.05. The third-order valence-electron chi connectivity index (χ3n) is 2.98. The van der Waals surface area contributed by atoms with Gasteiger partial charge in [0.1, 0.15) is 0 Å². The van der Waals surface area contributed by atoms with Gasteiger partial charge in [-0.25, -0.2) is 4.98 Å². The maximum atomic E-state index is 12.7. The van der Waals surface area contributed by atoms with Gasteiger partial charge in [0.15, 0.2) is 0 Å². The van der Waals surface area contributed by atoms with Crippen LogP contribution in [0.1, 0.15) is 24.6 Å². The zero-order valence-corrected chi connectivity index (χ0v) is 12.8. The number of aryl methyl sites for hydroxylation is 1. The monoisotopic (exact) mass is 339 g/mol. The summed E-state index contributed by atoms with van der Waals surface area (Å²) in [6.45, 7) is 1.94. The van der Waals surface area contributed by atoms with E-state index in [4.69, 9.17) is 5.73 Å². The van der Waals surface area contributed by atoms with Crippen molar-refractivity contribution >= 4 is 17.6 Å². The molecule has 0 spiro atoms. The average Bonchev–Trinajstić information content (AvgIpc) is 2.46. The molecule has 0 atom stereocenters. The molecule has 0 unspecified atom stereocenters. The van der Waals surface area contributed by atoms with Gasteiger partial charge in [-0.1, -0.05) is 19.4 Å². The van der Waals surface area contributed by atoms with Gasteiger partial charge < -0.3 is 11.1 Å². The lowest BCUT2D eigenvalue weighted by Crippen LogP contribution is -2.23. The number of hydrogen-bond donors (Lipinski definition) is 3. The number of nitrogens with one attached hydrogen (secondary N) is 2. The molecule has 24 heavy (non-hydrogen) atoms. The van der Waals surface area contributed by atoms with E-state index in [1.807, 2.05) is 6.92 Å². The molecule has 6 nitrogen and oxygen atoms in total. The topological polar surface area (TPSA) is 96.2 Å². The Kier molecular flexibility index (Phi) is 5.22. The first-order valence-electron chi connectivity index (χ1n) is 7.16. The summed E-state index contributed by atoms with van der Waals surface area (Å²) in [6, 6.07) is 5.89. The largest absolute Gasteiger partial charge is 0.416 e. The lowest BCUT2D eigenvalue weighted by molar-refractivity contribution is -0.137. The van der Waals surface area contributed by atoms with Crippen molar-refractivity contribution in [3.63, 3.8) is 0 Å². The molecular formula is C15H16F3N5O. The number of aromatic nitrogens is 2. The molecule has 2 aromatic rings. The van der Waals surface area contributed by atoms with Crippen LogP contribution in [0.5, 0.6) is 0 Å². The molecule has 2 rings (SSSR count). The Hall–Kier alpha value is -2.84. The number of benzene rings is 1. The number of alkyl halides is 3. The number of aliphatic imine (C=N–C) groups is 1. The quantitative estimate of drug-likeness (QED) is 0.589. The maximum absolute atomic E-state index is 12.7. The molecule has 1 heterocycles. The smallest absolute Gasteiger partial charge is 0.369 e. The van der Waals surface area contributed by atoms with Crippen LogP contribution < -0.4 is 16.6 Å². The number of rotatable bonds is 4. The summed E-state index contributed by atoms with van der Waals surface area (Å²) in [5.41, 5.74) is 5.17. The highest BCUT2D eigenvalue weighted by atomic mass is 19.4. The van der Waals surface area contributed by atoms with Crippen molar-refractivity contribution in [2.75, 3.05) is 5.32 Å². The maximum Gasteiger partial charge on any atom is 0.416 e. The van der Waals surface area contributed by atoms with E-state index in [0.29, 0.717) is 12.1 Å². The van der Waals surface area contributed by atoms with Gasteiger partial charge in [-0.2, -0.15) is 18.2 Å². The van der Waals surface area contributed by atoms with E-state index in [1.54, 1.807) is 0 Å². The van der Waals surface area contributed by atoms with E-state index >= 15 is 0 Å². The van der Waals surface area contributed by atoms with Crippen molar-refractivity contribution in [3.8, 4) is 0 Å². The predicted octanol–water partition coefficient (Wildman–Crippen LogP) is 2.80. The molecule has 0 saturated heterocycles. The molecular weight excluding hydrogens is 323 g/mol. The molecule has 0 aliphatic carbocycles. The Morgan fingerprint density at radius 2 is 2.12 bits per heavy atom. The third-order valence-corrected chi connectivity index (χ3v) is 2.98. The molecule has 0 saturated carbocycles. The Bertz CT molecular complexity index is 798. The summed E-state index contributed by atoms with van der Waals surface area (Å²) in [7, 11) is 0. The van der Waals surface area contributed by atoms with E-state index < -0.39 is 11.7 Å². The van der Waals surface area contributed by atoms with E-state index in [-0.39, 0.29) is 23.2 Å². The number of halogens is 3. The first kappa shape index (κ1) is 17.5. The Balaban J connectivity index is 2.22. The van der Waals surface area contributed by atoms with Crippen LogP contribution in [0.2, 0.25) is 0 Å². The highest BCUT2D eigenvalue weighted by Gasteiger charge is 2.30. The lowest BCUT2D eigenvalue weighted by atomic mass is 10.2. The fourth-order valence-electron chi connectivity index (χ4n) is 1.99. The third kappa shape index (κ3) is 4.83. The standard InChI is InChI=1S/C15H16F3N5O/c1-2-4-10-8-12(24)22-14(21-10)23-13(19)20-11-6-3-5-9(7-11)15(16,17)18/h3,5-8H,2,4H2,1H3,(H4,19,20,21,22,23,24). The van der Waals surface area contributed by atoms with Crippen LogP contribution in [0.3, 0.4) is 0 Å². The van der Waals surface area contributed by atoms with Gasteiger partial charge >= 0.3 is 6.18 Å². The van der Waals surface area contributed by atoms with Gasteiger partial charge in [-0.05, 0) is 24.6 Å². The first-order valence-corrected chi connectivity index (χ1v) is 7.16. The van der Waals surface area contributed by atoms with Gasteiger partial charge in [0.2, 0.25) is 11.9 Å². The Labute approximate surface area is 135 Å². The summed E-state index contributed by atoms with van der Waals surface area (Å²) >= 11 is 0. The summed E-state index contributed by atoms with van der Waals surface area (Å²) in [5.74, 6) is -0.200. The summed E-state index contributed by atoms with van der Waals surface area (Å²) < 4.78 is 38.0. The second-order valence-corrected chi connectivity index (χ2v) is 5.01. The molecule has 0 radical (unpaired) electrons. The van der Waals surface area contributed by atoms with Crippen LogP contribution >= 0.6 is 0 Å². The van der Waals surface area contributed by atoms with Crippen LogP contribution in [-0.4, -0.2) is 15.9 Å². The second-order valence-electron chi connectivity index (χ2n) is 5.01. The number of hydrogen-bond acceptors (Lipinski definition) is 3. The second kappa shape index (κ2) is 7.16. The molecule has 0 bridgehead atoms. The summed E-state index contributed by atoms with van der Waals surface area (Å²) in [5, 5.41) is 2.54. The van der Waals surface area contributed by atoms with E-state index in [1.165, 1.54) is 18.2 Å². The number of H-pyrrole nitrogens is 1. The summed E-state index contributed by atoms with van der Waals surface area (Å²) in [4.78, 5) is 21.9. The molecule has 1 aromatic carbocycles. The Morgan fingerprint density at radius 3 is 2.79 bits per heavy atom. The molecule has 4 N–H and O–H groups in total. The van der Waals surface area contributed by atoms with Crippen LogP contribution in [0.4, 0.5) is 24.8 Å². The molecule has 0 aliphatic rings. The molecule has 0 aliphatic heterocycles. The minimum absolute atomic E-state index is 0.0112. The highest BCUT2D eigenvalue weighted by molar-refractivity contribution is 5.93. The molecule has 128 valence electrons. The van der Waals surface area contributed by atoms with Gasteiger partial charge in [0.25, 0.3) is 5.56 Å². The van der Waals surface area contributed by atoms with Gasteiger partial charge in [0, 0.05) is 17.4 Å². The van der Waals surface area contributed by atoms with Gasteiger partial charge in [0.05, 0.1) is 5.56 Å². The Morgan fingerprint density at radius 1 is 1.38 bits per heavy atom. The van der Waals surface area contributed by atoms with Gasteiger partial charge in [-0.15, -0.1) is 0 Å². The van der Waals surface area contributed by atoms with Crippen molar-refractivity contribution in [1.82, 2.24) is 9.97 Å². The van der Waals surface area contributed by atoms with Crippen molar-refractivity contribution < 1.29 is 13.2 Å². The van der Waals surface area contributed by atoms with Crippen LogP contribution in [0.15, 0.2) is 40.1 Å². The minimum Gasteiger partial charge on any atom is -0.369 e.